The number of nitrogens with zero attached hydrogens (tertiary/aromatic N) is 1. The van der Waals surface area contributed by atoms with E-state index in [9.17, 15) is 9.59 Å². The summed E-state index contributed by atoms with van der Waals surface area (Å²) in [4.78, 5) is 24.2. The average molecular weight is 255 g/mol. The molecule has 0 aromatic heterocycles. The van der Waals surface area contributed by atoms with Crippen LogP contribution in [0.4, 0.5) is 0 Å². The van der Waals surface area contributed by atoms with E-state index < -0.39 is 11.6 Å². The summed E-state index contributed by atoms with van der Waals surface area (Å²) in [5.41, 5.74) is -0.451. The number of aliphatic carboxylic acids is 1. The van der Waals surface area contributed by atoms with Crippen LogP contribution in [-0.2, 0) is 14.3 Å². The van der Waals surface area contributed by atoms with Crippen molar-refractivity contribution in [3.05, 3.63) is 12.2 Å². The molecule has 0 radical (unpaired) electrons. The minimum Gasteiger partial charge on any atom is -0.478 e. The van der Waals surface area contributed by atoms with Crippen LogP contribution in [0.15, 0.2) is 12.2 Å². The van der Waals surface area contributed by atoms with Gasteiger partial charge in [-0.05, 0) is 33.7 Å². The van der Waals surface area contributed by atoms with Gasteiger partial charge in [-0.1, -0.05) is 6.08 Å². The Morgan fingerprint density at radius 2 is 2.11 bits per heavy atom. The Bertz CT molecular complexity index is 343. The van der Waals surface area contributed by atoms with Gasteiger partial charge in [0.05, 0.1) is 5.92 Å². The Kier molecular flexibility index (Phi) is 4.90. The maximum Gasteiger partial charge on any atom is 0.328 e. The summed E-state index contributed by atoms with van der Waals surface area (Å²) in [6.07, 6.45) is 3.50. The van der Waals surface area contributed by atoms with E-state index in [-0.39, 0.29) is 11.9 Å². The van der Waals surface area contributed by atoms with Crippen molar-refractivity contribution < 1.29 is 19.4 Å². The molecule has 1 rings (SSSR count). The molecule has 1 atom stereocenters. The normalized spacial score (nSPS) is 21.4. The van der Waals surface area contributed by atoms with Gasteiger partial charge < -0.3 is 9.84 Å². The molecule has 0 aromatic rings. The molecule has 5 nitrogen and oxygen atoms in total. The summed E-state index contributed by atoms with van der Waals surface area (Å²) in [6, 6.07) is 0. The first-order chi connectivity index (χ1) is 8.28. The topological polar surface area (TPSA) is 66.8 Å². The monoisotopic (exact) mass is 255 g/mol. The molecule has 0 bridgehead atoms. The molecule has 1 aliphatic heterocycles. The van der Waals surface area contributed by atoms with Crippen molar-refractivity contribution in [1.82, 2.24) is 4.90 Å². The predicted octanol–water partition coefficient (Wildman–Crippen LogP) is 1.29. The van der Waals surface area contributed by atoms with Crippen molar-refractivity contribution >= 4 is 11.9 Å². The highest BCUT2D eigenvalue weighted by molar-refractivity contribution is 5.79. The molecule has 1 saturated heterocycles. The minimum absolute atomic E-state index is 0.0950. The fourth-order valence-corrected chi connectivity index (χ4v) is 1.88. The molecule has 18 heavy (non-hydrogen) atoms. The van der Waals surface area contributed by atoms with E-state index in [4.69, 9.17) is 9.84 Å². The van der Waals surface area contributed by atoms with Crippen molar-refractivity contribution in [2.75, 3.05) is 19.6 Å². The van der Waals surface area contributed by atoms with Crippen LogP contribution < -0.4 is 0 Å². The van der Waals surface area contributed by atoms with Crippen molar-refractivity contribution in [2.24, 2.45) is 5.92 Å². The summed E-state index contributed by atoms with van der Waals surface area (Å²) in [5.74, 6) is -1.20. The molecule has 1 N–H and O–H groups in total. The van der Waals surface area contributed by atoms with Crippen LogP contribution in [0.2, 0.25) is 0 Å². The van der Waals surface area contributed by atoms with E-state index in [0.29, 0.717) is 13.1 Å². The number of carboxylic acid groups (broad SMARTS) is 1. The third-order valence-electron chi connectivity index (χ3n) is 2.64. The number of rotatable bonds is 4. The number of likely N-dealkylation sites (tertiary alicyclic amines) is 1. The van der Waals surface area contributed by atoms with Crippen LogP contribution in [0, 0.1) is 5.92 Å². The Hall–Kier alpha value is -1.36. The number of hydrogen-bond donors (Lipinski definition) is 1. The summed E-state index contributed by atoms with van der Waals surface area (Å²) in [6.45, 7) is 7.56. The van der Waals surface area contributed by atoms with Gasteiger partial charge in [-0.2, -0.15) is 0 Å². The second kappa shape index (κ2) is 6.00. The fraction of sp³-hybridized carbons (Fsp3) is 0.692. The maximum absolute atomic E-state index is 11.8. The van der Waals surface area contributed by atoms with Crippen LogP contribution in [0.5, 0.6) is 0 Å². The zero-order valence-corrected chi connectivity index (χ0v) is 11.2. The van der Waals surface area contributed by atoms with Crippen molar-refractivity contribution in [3.63, 3.8) is 0 Å². The number of carbonyl (C=O) groups is 2. The van der Waals surface area contributed by atoms with Gasteiger partial charge in [0.2, 0.25) is 0 Å². The van der Waals surface area contributed by atoms with Crippen molar-refractivity contribution in [3.8, 4) is 0 Å². The average Bonchev–Trinajstić information content (AvgIpc) is 2.63. The zero-order valence-electron chi connectivity index (χ0n) is 11.2. The first-order valence-corrected chi connectivity index (χ1v) is 6.12. The second-order valence-corrected chi connectivity index (χ2v) is 5.52. The summed E-state index contributed by atoms with van der Waals surface area (Å²) < 4.78 is 5.33. The molecule has 1 unspecified atom stereocenters. The number of carboxylic acids is 1. The van der Waals surface area contributed by atoms with Gasteiger partial charge in [0.15, 0.2) is 0 Å². The molecule has 0 spiro atoms. The zero-order chi connectivity index (χ0) is 13.8. The second-order valence-electron chi connectivity index (χ2n) is 5.52. The molecule has 5 heteroatoms. The van der Waals surface area contributed by atoms with E-state index in [1.54, 1.807) is 6.08 Å². The van der Waals surface area contributed by atoms with Gasteiger partial charge >= 0.3 is 11.9 Å². The first kappa shape index (κ1) is 14.7. The largest absolute Gasteiger partial charge is 0.478 e. The van der Waals surface area contributed by atoms with Gasteiger partial charge in [0.1, 0.15) is 5.60 Å². The van der Waals surface area contributed by atoms with E-state index >= 15 is 0 Å². The molecular weight excluding hydrogens is 234 g/mol. The van der Waals surface area contributed by atoms with Gasteiger partial charge in [0, 0.05) is 19.2 Å². The van der Waals surface area contributed by atoms with Crippen molar-refractivity contribution in [2.45, 2.75) is 32.8 Å². The fourth-order valence-electron chi connectivity index (χ4n) is 1.88. The highest BCUT2D eigenvalue weighted by Crippen LogP contribution is 2.20. The van der Waals surface area contributed by atoms with Crippen LogP contribution >= 0.6 is 0 Å². The van der Waals surface area contributed by atoms with Crippen molar-refractivity contribution in [1.29, 1.82) is 0 Å². The molecule has 1 aliphatic rings. The molecule has 0 aliphatic carbocycles. The predicted molar refractivity (Wildman–Crippen MR) is 67.2 cm³/mol. The van der Waals surface area contributed by atoms with Gasteiger partial charge in [-0.25, -0.2) is 4.79 Å². The smallest absolute Gasteiger partial charge is 0.328 e. The molecule has 0 amide bonds. The van der Waals surface area contributed by atoms with Gasteiger partial charge in [0.25, 0.3) is 0 Å². The van der Waals surface area contributed by atoms with E-state index in [0.717, 1.165) is 19.0 Å². The standard InChI is InChI=1S/C13H21NO4/c1-13(2,3)18-12(17)10-6-8-14(9-10)7-4-5-11(15)16/h4-5,10H,6-9H2,1-3H3,(H,15,16)/b5-4+. The highest BCUT2D eigenvalue weighted by atomic mass is 16.6. The Morgan fingerprint density at radius 3 is 2.67 bits per heavy atom. The third kappa shape index (κ3) is 5.31. The minimum atomic E-state index is -0.946. The Balaban J connectivity index is 2.37. The molecule has 1 fully saturated rings. The Labute approximate surface area is 107 Å². The first-order valence-electron chi connectivity index (χ1n) is 6.12. The van der Waals surface area contributed by atoms with E-state index in [2.05, 4.69) is 0 Å². The lowest BCUT2D eigenvalue weighted by Gasteiger charge is -2.22. The van der Waals surface area contributed by atoms with Gasteiger partial charge in [-0.3, -0.25) is 9.69 Å². The van der Waals surface area contributed by atoms with E-state index in [1.165, 1.54) is 0 Å². The van der Waals surface area contributed by atoms with Crippen LogP contribution in [0.1, 0.15) is 27.2 Å². The van der Waals surface area contributed by atoms with Crippen LogP contribution in [-0.4, -0.2) is 47.2 Å². The third-order valence-corrected chi connectivity index (χ3v) is 2.64. The van der Waals surface area contributed by atoms with Crippen LogP contribution in [0.25, 0.3) is 0 Å². The van der Waals surface area contributed by atoms with E-state index in [1.807, 2.05) is 25.7 Å². The SMILES string of the molecule is CC(C)(C)OC(=O)C1CCN(C/C=C/C(=O)O)C1. The highest BCUT2D eigenvalue weighted by Gasteiger charge is 2.31. The molecule has 102 valence electrons. The summed E-state index contributed by atoms with van der Waals surface area (Å²) >= 11 is 0. The number of ether oxygens (including phenoxy) is 1. The summed E-state index contributed by atoms with van der Waals surface area (Å²) in [5, 5.41) is 8.48. The lowest BCUT2D eigenvalue weighted by atomic mass is 10.1. The van der Waals surface area contributed by atoms with Gasteiger partial charge in [-0.15, -0.1) is 0 Å². The quantitative estimate of drug-likeness (QED) is 0.605. The van der Waals surface area contributed by atoms with Crippen LogP contribution in [0.3, 0.4) is 0 Å². The molecule has 1 heterocycles. The maximum atomic E-state index is 11.8. The number of carbonyl (C=O) groups excluding carboxylic acids is 1. The lowest BCUT2D eigenvalue weighted by Crippen LogP contribution is -2.30. The number of hydrogen-bond acceptors (Lipinski definition) is 4. The Morgan fingerprint density at radius 1 is 1.44 bits per heavy atom. The lowest BCUT2D eigenvalue weighted by molar-refractivity contribution is -0.159. The summed E-state index contributed by atoms with van der Waals surface area (Å²) in [7, 11) is 0. The molecular formula is C13H21NO4. The molecule has 0 aromatic carbocycles. The molecule has 0 saturated carbocycles. The number of esters is 1.